The lowest BCUT2D eigenvalue weighted by atomic mass is 10.1. The van der Waals surface area contributed by atoms with Gasteiger partial charge in [-0.05, 0) is 31.0 Å². The molecule has 2 aromatic rings. The van der Waals surface area contributed by atoms with E-state index in [1.807, 2.05) is 6.07 Å². The van der Waals surface area contributed by atoms with Gasteiger partial charge in [0, 0.05) is 4.90 Å². The molecule has 0 amide bonds. The molecule has 0 N–H and O–H groups in total. The predicted octanol–water partition coefficient (Wildman–Crippen LogP) is 2.71. The van der Waals surface area contributed by atoms with Crippen molar-refractivity contribution in [3.63, 3.8) is 0 Å². The summed E-state index contributed by atoms with van der Waals surface area (Å²) in [6.45, 7) is 0. The van der Waals surface area contributed by atoms with Crippen molar-refractivity contribution in [3.8, 4) is 0 Å². The molecule has 1 saturated carbocycles. The Morgan fingerprint density at radius 2 is 2.33 bits per heavy atom. The van der Waals surface area contributed by atoms with E-state index in [2.05, 4.69) is 10.1 Å². The third-order valence-electron chi connectivity index (χ3n) is 3.37. The quantitative estimate of drug-likeness (QED) is 0.625. The van der Waals surface area contributed by atoms with Gasteiger partial charge in [-0.2, -0.15) is 4.98 Å². The molecule has 5 nitrogen and oxygen atoms in total. The van der Waals surface area contributed by atoms with Crippen molar-refractivity contribution < 1.29 is 18.4 Å². The van der Waals surface area contributed by atoms with Gasteiger partial charge < -0.3 is 9.26 Å². The number of nitrogens with zero attached hydrogens (tertiary/aromatic N) is 2. The number of esters is 1. The van der Waals surface area contributed by atoms with Crippen LogP contribution in [0.15, 0.2) is 33.7 Å². The number of benzene rings is 1. The number of thioether (sulfide) groups is 1. The van der Waals surface area contributed by atoms with Gasteiger partial charge in [0.1, 0.15) is 11.2 Å². The van der Waals surface area contributed by atoms with Gasteiger partial charge in [0.15, 0.2) is 5.82 Å². The van der Waals surface area contributed by atoms with Gasteiger partial charge in [-0.15, -0.1) is 11.8 Å². The second-order valence-corrected chi connectivity index (χ2v) is 5.88. The molecule has 0 bridgehead atoms. The van der Waals surface area contributed by atoms with Crippen LogP contribution in [-0.4, -0.2) is 23.2 Å². The summed E-state index contributed by atoms with van der Waals surface area (Å²) in [6.07, 6.45) is 1.33. The maximum atomic E-state index is 13.1. The zero-order valence-corrected chi connectivity index (χ0v) is 12.2. The number of halogens is 1. The summed E-state index contributed by atoms with van der Waals surface area (Å²) in [4.78, 5) is 16.8. The minimum Gasteiger partial charge on any atom is -0.468 e. The largest absolute Gasteiger partial charge is 0.468 e. The molecular weight excluding hydrogens is 295 g/mol. The monoisotopic (exact) mass is 308 g/mol. The van der Waals surface area contributed by atoms with E-state index in [1.54, 1.807) is 6.07 Å². The molecule has 1 aliphatic rings. The molecule has 21 heavy (non-hydrogen) atoms. The topological polar surface area (TPSA) is 65.2 Å². The van der Waals surface area contributed by atoms with Gasteiger partial charge in [-0.25, -0.2) is 4.39 Å². The number of methoxy groups -OCH3 is 1. The van der Waals surface area contributed by atoms with Crippen LogP contribution in [0.25, 0.3) is 0 Å². The normalized spacial score (nSPS) is 15.7. The van der Waals surface area contributed by atoms with Gasteiger partial charge in [-0.3, -0.25) is 4.79 Å². The Balaban J connectivity index is 1.67. The smallest absolute Gasteiger partial charge is 0.321 e. The lowest BCUT2D eigenvalue weighted by Crippen LogP contribution is -2.22. The van der Waals surface area contributed by atoms with Crippen molar-refractivity contribution in [2.24, 2.45) is 0 Å². The Kier molecular flexibility index (Phi) is 3.67. The number of carbonyl (C=O) groups excluding carboxylic acids is 1. The predicted molar refractivity (Wildman–Crippen MR) is 73.2 cm³/mol. The van der Waals surface area contributed by atoms with Gasteiger partial charge in [0.2, 0.25) is 5.89 Å². The molecule has 0 atom stereocenters. The average Bonchev–Trinajstić information content (AvgIpc) is 3.16. The summed E-state index contributed by atoms with van der Waals surface area (Å²) in [5, 5.41) is 3.87. The first-order valence-corrected chi connectivity index (χ1v) is 7.42. The van der Waals surface area contributed by atoms with E-state index in [-0.39, 0.29) is 11.8 Å². The summed E-state index contributed by atoms with van der Waals surface area (Å²) in [6, 6.07) is 6.30. The Labute approximate surface area is 124 Å². The zero-order valence-electron chi connectivity index (χ0n) is 11.3. The minimum absolute atomic E-state index is 0.281. The molecule has 1 aromatic heterocycles. The van der Waals surface area contributed by atoms with Gasteiger partial charge in [0.05, 0.1) is 12.9 Å². The van der Waals surface area contributed by atoms with Crippen LogP contribution in [0, 0.1) is 5.82 Å². The van der Waals surface area contributed by atoms with Crippen molar-refractivity contribution in [1.29, 1.82) is 0 Å². The first-order chi connectivity index (χ1) is 10.1. The van der Waals surface area contributed by atoms with Crippen LogP contribution in [0.4, 0.5) is 4.39 Å². The van der Waals surface area contributed by atoms with Crippen LogP contribution in [0.5, 0.6) is 0 Å². The number of ether oxygens (including phenoxy) is 1. The maximum absolute atomic E-state index is 13.1. The molecule has 1 aromatic carbocycles. The summed E-state index contributed by atoms with van der Waals surface area (Å²) in [5.74, 6) is 0.620. The summed E-state index contributed by atoms with van der Waals surface area (Å²) < 4.78 is 23.0. The molecular formula is C14H13FN2O3S. The van der Waals surface area contributed by atoms with Gasteiger partial charge >= 0.3 is 5.97 Å². The molecule has 1 aliphatic carbocycles. The lowest BCUT2D eigenvalue weighted by Gasteiger charge is -2.05. The standard InChI is InChI=1S/C14H13FN2O3S/c1-19-13(18)14(5-6-14)12-16-11(17-20-12)8-21-10-4-2-3-9(15)7-10/h2-4,7H,5-6,8H2,1H3. The fraction of sp³-hybridized carbons (Fsp3) is 0.357. The molecule has 0 unspecified atom stereocenters. The van der Waals surface area contributed by atoms with Crippen LogP contribution in [-0.2, 0) is 20.7 Å². The molecule has 110 valence electrons. The number of carbonyl (C=O) groups is 1. The highest BCUT2D eigenvalue weighted by Crippen LogP contribution is 2.48. The van der Waals surface area contributed by atoms with Crippen molar-refractivity contribution in [1.82, 2.24) is 10.1 Å². The Hall–Kier alpha value is -1.89. The molecule has 0 saturated heterocycles. The minimum atomic E-state index is -0.747. The molecule has 0 radical (unpaired) electrons. The number of rotatable bonds is 5. The van der Waals surface area contributed by atoms with E-state index in [9.17, 15) is 9.18 Å². The Morgan fingerprint density at radius 1 is 1.52 bits per heavy atom. The maximum Gasteiger partial charge on any atom is 0.321 e. The third-order valence-corrected chi connectivity index (χ3v) is 4.36. The third kappa shape index (κ3) is 2.78. The van der Waals surface area contributed by atoms with E-state index >= 15 is 0 Å². The van der Waals surface area contributed by atoms with Crippen LogP contribution in [0.2, 0.25) is 0 Å². The van der Waals surface area contributed by atoms with E-state index in [1.165, 1.54) is 31.0 Å². The van der Waals surface area contributed by atoms with Crippen molar-refractivity contribution in [2.75, 3.05) is 7.11 Å². The SMILES string of the molecule is COC(=O)C1(c2nc(CSc3cccc(F)c3)no2)CC1. The fourth-order valence-corrected chi connectivity index (χ4v) is 2.82. The molecule has 3 rings (SSSR count). The highest BCUT2D eigenvalue weighted by atomic mass is 32.2. The van der Waals surface area contributed by atoms with Crippen molar-refractivity contribution in [2.45, 2.75) is 28.9 Å². The van der Waals surface area contributed by atoms with Gasteiger partial charge in [-0.1, -0.05) is 11.2 Å². The van der Waals surface area contributed by atoms with Crippen LogP contribution >= 0.6 is 11.8 Å². The van der Waals surface area contributed by atoms with Crippen LogP contribution in [0.3, 0.4) is 0 Å². The molecule has 1 heterocycles. The fourth-order valence-electron chi connectivity index (χ4n) is 2.04. The number of hydrogen-bond acceptors (Lipinski definition) is 6. The second-order valence-electron chi connectivity index (χ2n) is 4.84. The average molecular weight is 308 g/mol. The van der Waals surface area contributed by atoms with E-state index in [0.29, 0.717) is 30.3 Å². The lowest BCUT2D eigenvalue weighted by molar-refractivity contribution is -0.144. The van der Waals surface area contributed by atoms with Crippen molar-refractivity contribution >= 4 is 17.7 Å². The molecule has 0 aliphatic heterocycles. The zero-order chi connectivity index (χ0) is 14.9. The number of aromatic nitrogens is 2. The highest BCUT2D eigenvalue weighted by molar-refractivity contribution is 7.98. The summed E-state index contributed by atoms with van der Waals surface area (Å²) >= 11 is 1.41. The molecule has 1 fully saturated rings. The summed E-state index contributed by atoms with van der Waals surface area (Å²) in [7, 11) is 1.35. The van der Waals surface area contributed by atoms with Gasteiger partial charge in [0.25, 0.3) is 0 Å². The van der Waals surface area contributed by atoms with Crippen molar-refractivity contribution in [3.05, 3.63) is 41.8 Å². The first kappa shape index (κ1) is 14.1. The summed E-state index contributed by atoms with van der Waals surface area (Å²) in [5.41, 5.74) is -0.747. The van der Waals surface area contributed by atoms with E-state index < -0.39 is 5.41 Å². The second kappa shape index (κ2) is 5.48. The highest BCUT2D eigenvalue weighted by Gasteiger charge is 2.57. The molecule has 0 spiro atoms. The Bertz CT molecular complexity index is 670. The molecule has 7 heteroatoms. The Morgan fingerprint density at radius 3 is 3.00 bits per heavy atom. The van der Waals surface area contributed by atoms with Crippen LogP contribution in [0.1, 0.15) is 24.6 Å². The number of hydrogen-bond donors (Lipinski definition) is 0. The van der Waals surface area contributed by atoms with E-state index in [0.717, 1.165) is 4.90 Å². The first-order valence-electron chi connectivity index (χ1n) is 6.44. The van der Waals surface area contributed by atoms with E-state index in [4.69, 9.17) is 9.26 Å². The van der Waals surface area contributed by atoms with Crippen LogP contribution < -0.4 is 0 Å².